The molecule has 0 atom stereocenters. The van der Waals surface area contributed by atoms with Gasteiger partial charge in [0.15, 0.2) is 0 Å². The first-order valence-corrected chi connectivity index (χ1v) is 35.2. The molecule has 0 saturated heterocycles. The van der Waals surface area contributed by atoms with Crippen LogP contribution < -0.4 is 0 Å². The molecule has 2 N–H and O–H groups in total. The zero-order chi connectivity index (χ0) is 63.2. The van der Waals surface area contributed by atoms with Crippen molar-refractivity contribution in [3.63, 3.8) is 0 Å². The third-order valence-electron chi connectivity index (χ3n) is 16.5. The van der Waals surface area contributed by atoms with Crippen LogP contribution in [0.2, 0.25) is 0 Å². The molecule has 0 bridgehead atoms. The number of carboxylic acid groups (broad SMARTS) is 2. The van der Waals surface area contributed by atoms with Crippen LogP contribution in [-0.4, -0.2) is 163 Å². The Balaban J connectivity index is -0.000000302. The standard InChI is InChI=1S/4C16H36N.C5H2O9/c4*1-5-9-13-17(14-10-6-2,15-11-7-3)16-12-8-4;6-1(7)3(10)13-5(12)14-4(11)2(8)9/h4*5-16H2,1-4H3;(H,6,7)(H,8,9)/q4*+1;. The molecule has 13 heteroatoms. The Bertz CT molecular complexity index is 1100. The van der Waals surface area contributed by atoms with E-state index in [1.807, 2.05) is 0 Å². The first-order chi connectivity index (χ1) is 39.3. The lowest BCUT2D eigenvalue weighted by atomic mass is 10.1. The van der Waals surface area contributed by atoms with Crippen molar-refractivity contribution in [3.8, 4) is 0 Å². The van der Waals surface area contributed by atoms with Crippen molar-refractivity contribution in [2.45, 2.75) is 316 Å². The van der Waals surface area contributed by atoms with Gasteiger partial charge in [-0.2, -0.15) is 0 Å². The number of ether oxygens (including phenoxy) is 2. The summed E-state index contributed by atoms with van der Waals surface area (Å²) in [4.78, 5) is 50.0. The molecule has 0 aromatic heterocycles. The number of esters is 2. The summed E-state index contributed by atoms with van der Waals surface area (Å²) in [5.74, 6) is -8.17. The van der Waals surface area contributed by atoms with Crippen molar-refractivity contribution in [2.24, 2.45) is 0 Å². The number of hydrogen-bond acceptors (Lipinski definition) is 7. The van der Waals surface area contributed by atoms with Gasteiger partial charge >= 0.3 is 30.0 Å². The van der Waals surface area contributed by atoms with E-state index in [9.17, 15) is 24.0 Å². The van der Waals surface area contributed by atoms with Gasteiger partial charge in [0.2, 0.25) is 0 Å². The van der Waals surface area contributed by atoms with Crippen molar-refractivity contribution >= 4 is 30.0 Å². The maximum Gasteiger partial charge on any atom is 0.524 e. The minimum atomic E-state index is -2.09. The largest absolute Gasteiger partial charge is 0.524 e. The predicted octanol–water partition coefficient (Wildman–Crippen LogP) is 18.4. The van der Waals surface area contributed by atoms with Gasteiger partial charge in [-0.1, -0.05) is 214 Å². The Hall–Kier alpha value is -2.61. The van der Waals surface area contributed by atoms with Crippen LogP contribution in [0.15, 0.2) is 0 Å². The summed E-state index contributed by atoms with van der Waals surface area (Å²) in [6, 6.07) is 0. The number of rotatable bonds is 48. The van der Waals surface area contributed by atoms with Gasteiger partial charge in [-0.05, 0) is 103 Å². The first kappa shape index (κ1) is 88.2. The van der Waals surface area contributed by atoms with Crippen LogP contribution in [0.4, 0.5) is 4.79 Å². The van der Waals surface area contributed by atoms with Crippen molar-refractivity contribution in [2.75, 3.05) is 105 Å². The Morgan fingerprint density at radius 3 is 0.390 bits per heavy atom. The molecule has 0 amide bonds. The highest BCUT2D eigenvalue weighted by atomic mass is 16.8. The lowest BCUT2D eigenvalue weighted by molar-refractivity contribution is -0.929. The summed E-state index contributed by atoms with van der Waals surface area (Å²) in [6.07, 6.45) is 42.2. The molecule has 13 nitrogen and oxygen atoms in total. The van der Waals surface area contributed by atoms with E-state index < -0.39 is 30.0 Å². The molecule has 0 radical (unpaired) electrons. The molecule has 82 heavy (non-hydrogen) atoms. The molecule has 0 aromatic carbocycles. The van der Waals surface area contributed by atoms with Gasteiger partial charge in [-0.15, -0.1) is 0 Å². The van der Waals surface area contributed by atoms with E-state index in [-0.39, 0.29) is 0 Å². The Kier molecular flexibility index (Phi) is 67.6. The van der Waals surface area contributed by atoms with Gasteiger partial charge in [0.25, 0.3) is 0 Å². The van der Waals surface area contributed by atoms with Gasteiger partial charge in [0.1, 0.15) is 0 Å². The number of hydrogen-bond donors (Lipinski definition) is 2. The summed E-state index contributed by atoms with van der Waals surface area (Å²) in [5, 5.41) is 15.8. The predicted molar refractivity (Wildman–Crippen MR) is 350 cm³/mol. The highest BCUT2D eigenvalue weighted by Crippen LogP contribution is 2.20. The third kappa shape index (κ3) is 51.8. The monoisotopic (exact) mass is 1180 g/mol. The molecule has 0 saturated carbocycles. The van der Waals surface area contributed by atoms with Crippen LogP contribution >= 0.6 is 0 Å². The quantitative estimate of drug-likeness (QED) is 0.0263. The van der Waals surface area contributed by atoms with Crippen LogP contribution in [0, 0.1) is 0 Å². The van der Waals surface area contributed by atoms with E-state index in [4.69, 9.17) is 10.2 Å². The molecule has 0 aromatic rings. The second-order valence-electron chi connectivity index (χ2n) is 24.2. The molecular weight excluding hydrogens is 1030 g/mol. The summed E-state index contributed by atoms with van der Waals surface area (Å²) in [7, 11) is 0. The van der Waals surface area contributed by atoms with E-state index in [1.54, 1.807) is 0 Å². The van der Waals surface area contributed by atoms with Crippen LogP contribution in [0.5, 0.6) is 0 Å². The van der Waals surface area contributed by atoms with E-state index in [2.05, 4.69) is 120 Å². The first-order valence-electron chi connectivity index (χ1n) is 35.2. The van der Waals surface area contributed by atoms with Gasteiger partial charge < -0.3 is 37.6 Å². The minimum Gasteiger partial charge on any atom is -0.473 e. The molecule has 0 fully saturated rings. The smallest absolute Gasteiger partial charge is 0.473 e. The van der Waals surface area contributed by atoms with Crippen LogP contribution in [0.3, 0.4) is 0 Å². The molecule has 0 aliphatic rings. The Morgan fingerprint density at radius 2 is 0.317 bits per heavy atom. The number of aliphatic carboxylic acids is 2. The van der Waals surface area contributed by atoms with Crippen molar-refractivity contribution in [1.29, 1.82) is 0 Å². The molecule has 0 aliphatic heterocycles. The van der Waals surface area contributed by atoms with Gasteiger partial charge in [0.05, 0.1) is 105 Å². The fraction of sp³-hybridized carbons (Fsp3) is 0.928. The molecular formula is C69H146N4O9+4. The van der Waals surface area contributed by atoms with Crippen molar-refractivity contribution < 1.29 is 61.6 Å². The summed E-state index contributed by atoms with van der Waals surface area (Å²) in [5.41, 5.74) is 0. The minimum absolute atomic E-state index is 1.35. The van der Waals surface area contributed by atoms with Crippen LogP contribution in [-0.2, 0) is 28.7 Å². The maximum atomic E-state index is 10.3. The molecule has 0 rings (SSSR count). The second kappa shape index (κ2) is 62.9. The number of carbonyl (C=O) groups is 5. The second-order valence-corrected chi connectivity index (χ2v) is 24.2. The number of nitrogens with zero attached hydrogens (tertiary/aromatic N) is 4. The number of unbranched alkanes of at least 4 members (excludes halogenated alkanes) is 16. The molecule has 0 spiro atoms. The number of carbonyl (C=O) groups excluding carboxylic acids is 3. The average Bonchev–Trinajstić information content (AvgIpc) is 3.53. The van der Waals surface area contributed by atoms with E-state index in [0.717, 1.165) is 0 Å². The van der Waals surface area contributed by atoms with E-state index in [1.165, 1.54) is 328 Å². The van der Waals surface area contributed by atoms with Gasteiger partial charge in [-0.25, -0.2) is 24.0 Å². The fourth-order valence-electron chi connectivity index (χ4n) is 10.8. The third-order valence-corrected chi connectivity index (χ3v) is 16.5. The fourth-order valence-corrected chi connectivity index (χ4v) is 10.8. The van der Waals surface area contributed by atoms with Crippen LogP contribution in [0.1, 0.15) is 316 Å². The maximum absolute atomic E-state index is 10.3. The molecule has 492 valence electrons. The zero-order valence-electron chi connectivity index (χ0n) is 58.0. The van der Waals surface area contributed by atoms with Crippen LogP contribution in [0.25, 0.3) is 0 Å². The average molecular weight is 1180 g/mol. The van der Waals surface area contributed by atoms with E-state index in [0.29, 0.717) is 0 Å². The van der Waals surface area contributed by atoms with Crippen molar-refractivity contribution in [1.82, 2.24) is 0 Å². The number of quaternary nitrogens is 4. The Labute approximate surface area is 510 Å². The zero-order valence-corrected chi connectivity index (χ0v) is 58.0. The summed E-state index contributed by atoms with van der Waals surface area (Å²) < 4.78 is 12.4. The lowest BCUT2D eigenvalue weighted by Crippen LogP contribution is -2.50. The molecule has 0 aliphatic carbocycles. The normalized spacial score (nSPS) is 11.4. The Morgan fingerprint density at radius 1 is 0.220 bits per heavy atom. The highest BCUT2D eigenvalue weighted by molar-refractivity contribution is 6.32. The molecule has 0 heterocycles. The summed E-state index contributed by atoms with van der Waals surface area (Å²) in [6.45, 7) is 60.1. The topological polar surface area (TPSA) is 144 Å². The van der Waals surface area contributed by atoms with Crippen molar-refractivity contribution in [3.05, 3.63) is 0 Å². The number of carboxylic acids is 2. The lowest BCUT2D eigenvalue weighted by Gasteiger charge is -2.39. The van der Waals surface area contributed by atoms with Gasteiger partial charge in [0, 0.05) is 0 Å². The van der Waals surface area contributed by atoms with E-state index >= 15 is 0 Å². The van der Waals surface area contributed by atoms with Gasteiger partial charge in [-0.3, -0.25) is 0 Å². The highest BCUT2D eigenvalue weighted by Gasteiger charge is 2.29. The molecule has 0 unspecified atom stereocenters. The summed E-state index contributed by atoms with van der Waals surface area (Å²) >= 11 is 0. The SMILES string of the molecule is CCCC[N+](CCCC)(CCCC)CCCC.CCCC[N+](CCCC)(CCCC)CCCC.CCCC[N+](CCCC)(CCCC)CCCC.CCCC[N+](CCCC)(CCCC)CCCC.O=C(OC(=O)C(=O)O)OC(=O)C(=O)O.